The van der Waals surface area contributed by atoms with Crippen molar-refractivity contribution in [2.75, 3.05) is 13.2 Å². The fraction of sp³-hybridized carbons (Fsp3) is 0.388. The summed E-state index contributed by atoms with van der Waals surface area (Å²) >= 11 is 0. The zero-order valence-electron chi connectivity index (χ0n) is 37.3. The average molecular weight is 897 g/mol. The maximum atomic E-state index is 16.1. The average Bonchev–Trinajstić information content (AvgIpc) is 3.57. The minimum atomic E-state index is -0.591. The van der Waals surface area contributed by atoms with Crippen LogP contribution in [0.1, 0.15) is 121 Å². The number of unbranched alkanes of at least 4 members (excludes halogenated alkanes) is 1. The van der Waals surface area contributed by atoms with Crippen LogP contribution in [0.4, 0.5) is 8.78 Å². The Morgan fingerprint density at radius 1 is 0.955 bits per heavy atom. The summed E-state index contributed by atoms with van der Waals surface area (Å²) in [7, 11) is 1.73. The van der Waals surface area contributed by atoms with Gasteiger partial charge in [0.2, 0.25) is 0 Å². The number of fused-ring (bicyclic) bond motifs is 3. The van der Waals surface area contributed by atoms with E-state index in [9.17, 15) is 9.59 Å². The van der Waals surface area contributed by atoms with E-state index in [-0.39, 0.29) is 34.3 Å². The summed E-state index contributed by atoms with van der Waals surface area (Å²) in [5.74, 6) is -0.326. The van der Waals surface area contributed by atoms with Crippen LogP contribution in [0.15, 0.2) is 87.4 Å². The Balaban J connectivity index is 0.992. The molecule has 2 aromatic carbocycles. The van der Waals surface area contributed by atoms with Crippen molar-refractivity contribution in [2.24, 2.45) is 7.05 Å². The summed E-state index contributed by atoms with van der Waals surface area (Å²) in [4.78, 5) is 46.0. The van der Waals surface area contributed by atoms with Crippen molar-refractivity contribution >= 4 is 22.3 Å². The molecule has 1 aliphatic carbocycles. The van der Waals surface area contributed by atoms with E-state index in [0.29, 0.717) is 96.4 Å². The monoisotopic (exact) mass is 896 g/mol. The first-order chi connectivity index (χ1) is 31.8. The number of aryl methyl sites for hydroxylation is 3. The van der Waals surface area contributed by atoms with Crippen molar-refractivity contribution < 1.29 is 22.8 Å². The van der Waals surface area contributed by atoms with Crippen LogP contribution >= 0.6 is 0 Å². The number of hydrogen-bond acceptors (Lipinski definition) is 8. The maximum Gasteiger partial charge on any atom is 0.438 e. The van der Waals surface area contributed by atoms with Gasteiger partial charge in [0, 0.05) is 68.4 Å². The first kappa shape index (κ1) is 41.8. The molecule has 8 heterocycles. The second-order valence-corrected chi connectivity index (χ2v) is 18.7. The summed E-state index contributed by atoms with van der Waals surface area (Å²) < 4.78 is 50.2. The zero-order chi connectivity index (χ0) is 45.6. The Kier molecular flexibility index (Phi) is 10.1. The zero-order valence-corrected chi connectivity index (χ0v) is 37.3. The molecule has 0 spiro atoms. The highest BCUT2D eigenvalue weighted by atomic mass is 19.1. The van der Waals surface area contributed by atoms with Gasteiger partial charge in [0.05, 0.1) is 51.4 Å². The Morgan fingerprint density at radius 2 is 1.77 bits per heavy atom. The summed E-state index contributed by atoms with van der Waals surface area (Å²) in [6, 6.07) is 14.0. The van der Waals surface area contributed by atoms with E-state index in [4.69, 9.17) is 14.4 Å². The van der Waals surface area contributed by atoms with Gasteiger partial charge in [0.1, 0.15) is 11.6 Å². The third kappa shape index (κ3) is 7.20. The maximum absolute atomic E-state index is 16.1. The summed E-state index contributed by atoms with van der Waals surface area (Å²) in [6.07, 6.45) is 13.1. The minimum Gasteiger partial charge on any atom is -0.376 e. The molecule has 3 aliphatic rings. The second kappa shape index (κ2) is 15.9. The predicted molar refractivity (Wildman–Crippen MR) is 241 cm³/mol. The molecule has 11 rings (SSSR count). The topological polar surface area (TPSA) is 155 Å². The van der Waals surface area contributed by atoms with E-state index in [0.717, 1.165) is 36.9 Å². The predicted octanol–water partition coefficient (Wildman–Crippen LogP) is 7.78. The van der Waals surface area contributed by atoms with E-state index in [1.807, 2.05) is 17.9 Å². The van der Waals surface area contributed by atoms with Gasteiger partial charge in [0.25, 0.3) is 5.91 Å². The summed E-state index contributed by atoms with van der Waals surface area (Å²) in [5.41, 5.74) is 6.00. The van der Waals surface area contributed by atoms with E-state index in [1.165, 1.54) is 33.2 Å². The Morgan fingerprint density at radius 3 is 2.56 bits per heavy atom. The van der Waals surface area contributed by atoms with Gasteiger partial charge in [-0.25, -0.2) is 23.1 Å². The number of nitrogens with zero attached hydrogens (tertiary/aromatic N) is 9. The quantitative estimate of drug-likeness (QED) is 0.129. The fourth-order valence-corrected chi connectivity index (χ4v) is 10.4. The molecule has 66 heavy (non-hydrogen) atoms. The second-order valence-electron chi connectivity index (χ2n) is 18.7. The number of imidazole rings is 1. The highest BCUT2D eigenvalue weighted by Crippen LogP contribution is 2.43. The van der Waals surface area contributed by atoms with Crippen molar-refractivity contribution in [1.29, 1.82) is 0 Å². The molecule has 15 nitrogen and oxygen atoms in total. The molecule has 1 saturated heterocycles. The lowest BCUT2D eigenvalue weighted by Crippen LogP contribution is -2.39. The van der Waals surface area contributed by atoms with E-state index in [2.05, 4.69) is 51.8 Å². The number of H-pyrrole nitrogens is 1. The molecule has 2 atom stereocenters. The molecule has 1 saturated carbocycles. The first-order valence-electron chi connectivity index (χ1n) is 22.8. The molecule has 0 radical (unpaired) electrons. The van der Waals surface area contributed by atoms with Gasteiger partial charge in [-0.05, 0) is 137 Å². The smallest absolute Gasteiger partial charge is 0.376 e. The SMILES string of the molecule is C[C@H]1c2c(nn(-c3ccc(F)c(C4CC4)c3)c2-n2ccn(-c3ccc4c(cnn4C)c3F)c2=O)CCN1C(=O)c1cc2cc([C@H]3CCOC(C)(C)C3)ccn2c1CCCCc1noc(=O)[nH]1. The summed E-state index contributed by atoms with van der Waals surface area (Å²) in [5, 5.41) is 13.4. The van der Waals surface area contributed by atoms with E-state index >= 15 is 13.6 Å². The molecule has 6 aromatic heterocycles. The Hall–Kier alpha value is -6.88. The van der Waals surface area contributed by atoms with Gasteiger partial charge in [0.15, 0.2) is 11.6 Å². The van der Waals surface area contributed by atoms with Gasteiger partial charge in [-0.3, -0.25) is 28.1 Å². The van der Waals surface area contributed by atoms with Crippen LogP contribution in [-0.2, 0) is 31.0 Å². The lowest BCUT2D eigenvalue weighted by Gasteiger charge is -2.35. The molecule has 0 unspecified atom stereocenters. The Labute approximate surface area is 377 Å². The lowest BCUT2D eigenvalue weighted by atomic mass is 9.84. The first-order valence-corrected chi connectivity index (χ1v) is 22.8. The standard InChI is InChI=1S/C49H50F2N10O5/c1-28-43-38(54-61(32-11-12-37(50)34(24-32)29-9-10-29)45(43)60-21-20-59(48(60)64)41-14-13-39-36(44(41)51)27-52-56(39)4)16-19-57(28)46(62)35-25-33-23-30(31-17-22-65-49(2,3)26-31)15-18-58(33)40(35)7-5-6-8-42-53-47(63)66-55-42/h11-15,18,20-21,23-25,27-29,31H,5-10,16-17,19,22,26H2,1-4H3,(H,53,55,63)/t28-,31-/m0/s1. The number of pyridine rings is 1. The number of halogens is 2. The molecule has 8 aromatic rings. The van der Waals surface area contributed by atoms with E-state index < -0.39 is 23.3 Å². The fourth-order valence-electron chi connectivity index (χ4n) is 10.4. The highest BCUT2D eigenvalue weighted by Gasteiger charge is 2.38. The number of nitrogens with one attached hydrogen (secondary N) is 1. The number of hydrogen-bond donors (Lipinski definition) is 1. The van der Waals surface area contributed by atoms with Crippen molar-refractivity contribution in [3.8, 4) is 17.2 Å². The molecule has 1 N–H and O–H groups in total. The number of aromatic nitrogens is 9. The van der Waals surface area contributed by atoms with Gasteiger partial charge >= 0.3 is 11.4 Å². The molecule has 17 heteroatoms. The van der Waals surface area contributed by atoms with Crippen molar-refractivity contribution in [3.63, 3.8) is 0 Å². The number of carbonyl (C=O) groups is 1. The number of rotatable bonds is 11. The van der Waals surface area contributed by atoms with Crippen LogP contribution in [-0.4, -0.2) is 72.8 Å². The van der Waals surface area contributed by atoms with E-state index in [1.54, 1.807) is 46.9 Å². The van der Waals surface area contributed by atoms with Crippen LogP contribution in [0.2, 0.25) is 0 Å². The van der Waals surface area contributed by atoms with Gasteiger partial charge in [-0.15, -0.1) is 0 Å². The number of aromatic amines is 1. The number of carbonyl (C=O) groups excluding carboxylic acids is 1. The number of ether oxygens (including phenoxy) is 1. The van der Waals surface area contributed by atoms with Crippen molar-refractivity contribution in [1.82, 2.24) is 48.1 Å². The van der Waals surface area contributed by atoms with Crippen LogP contribution in [0, 0.1) is 11.6 Å². The molecule has 0 bridgehead atoms. The molecule has 2 aliphatic heterocycles. The van der Waals surface area contributed by atoms with Crippen molar-refractivity contribution in [2.45, 2.75) is 102 Å². The number of amides is 1. The van der Waals surface area contributed by atoms with Gasteiger partial charge < -0.3 is 14.0 Å². The largest absolute Gasteiger partial charge is 0.438 e. The molecule has 2 fully saturated rings. The third-order valence-corrected chi connectivity index (χ3v) is 13.9. The molecular weight excluding hydrogens is 847 g/mol. The van der Waals surface area contributed by atoms with Gasteiger partial charge in [-0.1, -0.05) is 5.16 Å². The minimum absolute atomic E-state index is 0.0631. The Bertz CT molecular complexity index is 3320. The van der Waals surface area contributed by atoms with Crippen LogP contribution in [0.5, 0.6) is 0 Å². The molecule has 340 valence electrons. The highest BCUT2D eigenvalue weighted by molar-refractivity contribution is 5.98. The van der Waals surface area contributed by atoms with Gasteiger partial charge in [-0.2, -0.15) is 10.2 Å². The molecule has 1 amide bonds. The van der Waals surface area contributed by atoms with Crippen LogP contribution in [0.25, 0.3) is 33.6 Å². The lowest BCUT2D eigenvalue weighted by molar-refractivity contribution is -0.0593. The normalized spacial score (nSPS) is 18.4. The summed E-state index contributed by atoms with van der Waals surface area (Å²) in [6.45, 7) is 7.24. The number of benzene rings is 2. The van der Waals surface area contributed by atoms with Crippen LogP contribution in [0.3, 0.4) is 0 Å². The van der Waals surface area contributed by atoms with Crippen LogP contribution < -0.4 is 11.4 Å². The third-order valence-electron chi connectivity index (χ3n) is 13.9. The van der Waals surface area contributed by atoms with Crippen molar-refractivity contribution in [3.05, 3.63) is 145 Å². The molecular formula is C49H50F2N10O5.